The van der Waals surface area contributed by atoms with Gasteiger partial charge in [-0.25, -0.2) is 0 Å². The van der Waals surface area contributed by atoms with E-state index in [-0.39, 0.29) is 24.7 Å². The van der Waals surface area contributed by atoms with Crippen LogP contribution in [0.2, 0.25) is 0 Å². The summed E-state index contributed by atoms with van der Waals surface area (Å²) in [6.07, 6.45) is 0.994. The first kappa shape index (κ1) is 15.2. The van der Waals surface area contributed by atoms with Gasteiger partial charge in [0.15, 0.2) is 5.78 Å². The van der Waals surface area contributed by atoms with E-state index < -0.39 is 12.1 Å². The summed E-state index contributed by atoms with van der Waals surface area (Å²) >= 11 is 0. The topological polar surface area (TPSA) is 88.8 Å². The smallest absolute Gasteiger partial charge is 0.306 e. The molecule has 1 fully saturated rings. The number of nitrogens with zero attached hydrogens (tertiary/aromatic N) is 2. The molecule has 2 heterocycles. The molecule has 0 aliphatic carbocycles. The minimum atomic E-state index is -0.952. The number of carboxylic acids is 1. The normalized spacial score (nSPS) is 18.6. The van der Waals surface area contributed by atoms with Gasteiger partial charge >= 0.3 is 5.97 Å². The van der Waals surface area contributed by atoms with Crippen molar-refractivity contribution in [2.24, 2.45) is 7.05 Å². The first-order valence-electron chi connectivity index (χ1n) is 6.68. The lowest BCUT2D eigenvalue weighted by molar-refractivity contribution is -0.141. The lowest BCUT2D eigenvalue weighted by Crippen LogP contribution is -2.46. The Morgan fingerprint density at radius 1 is 1.43 bits per heavy atom. The molecule has 0 aromatic carbocycles. The molecule has 1 aliphatic rings. The molecule has 0 radical (unpaired) electrons. The minimum Gasteiger partial charge on any atom is -0.481 e. The zero-order valence-electron chi connectivity index (χ0n) is 12.0. The van der Waals surface area contributed by atoms with Crippen molar-refractivity contribution in [3.05, 3.63) is 23.5 Å². The number of carbonyl (C=O) groups excluding carboxylic acids is 2. The monoisotopic (exact) mass is 294 g/mol. The van der Waals surface area contributed by atoms with Gasteiger partial charge in [0.1, 0.15) is 5.69 Å². The second-order valence-corrected chi connectivity index (χ2v) is 5.12. The second kappa shape index (κ2) is 6.09. The van der Waals surface area contributed by atoms with E-state index in [9.17, 15) is 14.4 Å². The Morgan fingerprint density at radius 2 is 2.14 bits per heavy atom. The SMILES string of the molecule is CC(=O)c1cc(C(=O)N2CCOC(CC(=O)O)C2)n(C)c1. The molecule has 1 unspecified atom stereocenters. The van der Waals surface area contributed by atoms with Crippen LogP contribution in [-0.2, 0) is 16.6 Å². The number of aryl methyl sites for hydroxylation is 1. The zero-order chi connectivity index (χ0) is 15.6. The van der Waals surface area contributed by atoms with E-state index in [0.29, 0.717) is 24.4 Å². The molecule has 0 bridgehead atoms. The molecule has 1 aromatic rings. The van der Waals surface area contributed by atoms with E-state index in [0.717, 1.165) is 0 Å². The lowest BCUT2D eigenvalue weighted by Gasteiger charge is -2.32. The molecule has 1 saturated heterocycles. The van der Waals surface area contributed by atoms with Crippen LogP contribution < -0.4 is 0 Å². The predicted octanol–water partition coefficient (Wildman–Crippen LogP) is 0.543. The Balaban J connectivity index is 2.12. The summed E-state index contributed by atoms with van der Waals surface area (Å²) in [7, 11) is 1.70. The van der Waals surface area contributed by atoms with Gasteiger partial charge in [-0.05, 0) is 13.0 Å². The number of aliphatic carboxylic acids is 1. The molecule has 7 nitrogen and oxygen atoms in total. The molecule has 7 heteroatoms. The van der Waals surface area contributed by atoms with Crippen LogP contribution >= 0.6 is 0 Å². The Morgan fingerprint density at radius 3 is 2.71 bits per heavy atom. The molecular weight excluding hydrogens is 276 g/mol. The zero-order valence-corrected chi connectivity index (χ0v) is 12.0. The van der Waals surface area contributed by atoms with Crippen LogP contribution in [0.1, 0.15) is 34.2 Å². The number of morpholine rings is 1. The highest BCUT2D eigenvalue weighted by atomic mass is 16.5. The highest BCUT2D eigenvalue weighted by Gasteiger charge is 2.28. The number of hydrogen-bond acceptors (Lipinski definition) is 4. The number of ketones is 1. The number of carbonyl (C=O) groups is 3. The molecule has 1 atom stereocenters. The average Bonchev–Trinajstić information content (AvgIpc) is 2.80. The number of aromatic nitrogens is 1. The molecule has 2 rings (SSSR count). The number of rotatable bonds is 4. The minimum absolute atomic E-state index is 0.101. The van der Waals surface area contributed by atoms with Crippen molar-refractivity contribution in [3.63, 3.8) is 0 Å². The molecule has 0 spiro atoms. The molecule has 1 aromatic heterocycles. The maximum atomic E-state index is 12.5. The van der Waals surface area contributed by atoms with Crippen LogP contribution in [0.25, 0.3) is 0 Å². The molecule has 0 saturated carbocycles. The molecule has 1 aliphatic heterocycles. The summed E-state index contributed by atoms with van der Waals surface area (Å²) in [4.78, 5) is 36.1. The third-order valence-corrected chi connectivity index (χ3v) is 3.46. The summed E-state index contributed by atoms with van der Waals surface area (Å²) in [5.74, 6) is -1.27. The van der Waals surface area contributed by atoms with E-state index in [4.69, 9.17) is 9.84 Å². The van der Waals surface area contributed by atoms with E-state index in [1.54, 1.807) is 28.8 Å². The van der Waals surface area contributed by atoms with Crippen LogP contribution in [0.5, 0.6) is 0 Å². The van der Waals surface area contributed by atoms with Gasteiger partial charge in [-0.3, -0.25) is 14.4 Å². The number of amides is 1. The fourth-order valence-corrected chi connectivity index (χ4v) is 2.35. The number of ether oxygens (including phenoxy) is 1. The Kier molecular flexibility index (Phi) is 4.42. The van der Waals surface area contributed by atoms with Gasteiger partial charge in [0, 0.05) is 31.9 Å². The lowest BCUT2D eigenvalue weighted by atomic mass is 10.2. The summed E-state index contributed by atoms with van der Waals surface area (Å²) in [5.41, 5.74) is 0.896. The molecule has 21 heavy (non-hydrogen) atoms. The Bertz CT molecular complexity index is 578. The highest BCUT2D eigenvalue weighted by Crippen LogP contribution is 2.15. The van der Waals surface area contributed by atoms with E-state index in [1.807, 2.05) is 0 Å². The van der Waals surface area contributed by atoms with Gasteiger partial charge in [0.2, 0.25) is 0 Å². The molecule has 1 N–H and O–H groups in total. The number of Topliss-reactive ketones (excluding diaryl/α,β-unsaturated/α-hetero) is 1. The van der Waals surface area contributed by atoms with Crippen molar-refractivity contribution < 1.29 is 24.2 Å². The third kappa shape index (κ3) is 3.49. The Labute approximate surface area is 122 Å². The van der Waals surface area contributed by atoms with Crippen LogP contribution in [0.15, 0.2) is 12.3 Å². The maximum absolute atomic E-state index is 12.5. The fraction of sp³-hybridized carbons (Fsp3) is 0.500. The quantitative estimate of drug-likeness (QED) is 0.819. The Hall–Kier alpha value is -2.15. The van der Waals surface area contributed by atoms with E-state index >= 15 is 0 Å². The van der Waals surface area contributed by atoms with Crippen molar-refractivity contribution in [2.75, 3.05) is 19.7 Å². The van der Waals surface area contributed by atoms with Crippen molar-refractivity contribution in [1.29, 1.82) is 0 Å². The second-order valence-electron chi connectivity index (χ2n) is 5.12. The van der Waals surface area contributed by atoms with Crippen molar-refractivity contribution in [2.45, 2.75) is 19.4 Å². The first-order chi connectivity index (χ1) is 9.88. The average molecular weight is 294 g/mol. The van der Waals surface area contributed by atoms with Gasteiger partial charge < -0.3 is 19.3 Å². The van der Waals surface area contributed by atoms with E-state index in [2.05, 4.69) is 0 Å². The molecule has 114 valence electrons. The summed E-state index contributed by atoms with van der Waals surface area (Å²) in [6, 6.07) is 1.56. The fourth-order valence-electron chi connectivity index (χ4n) is 2.35. The summed E-state index contributed by atoms with van der Waals surface area (Å²) in [6.45, 7) is 2.41. The number of carboxylic acid groups (broad SMARTS) is 1. The standard InChI is InChI=1S/C14H18N2O5/c1-9(17)10-5-12(15(2)7-10)14(20)16-3-4-21-11(8-16)6-13(18)19/h5,7,11H,3-4,6,8H2,1-2H3,(H,18,19). The van der Waals surface area contributed by atoms with Crippen LogP contribution in [0.4, 0.5) is 0 Å². The van der Waals surface area contributed by atoms with Crippen molar-refractivity contribution >= 4 is 17.7 Å². The van der Waals surface area contributed by atoms with E-state index in [1.165, 1.54) is 6.92 Å². The highest BCUT2D eigenvalue weighted by molar-refractivity contribution is 5.99. The molecule has 1 amide bonds. The molecular formula is C14H18N2O5. The number of hydrogen-bond donors (Lipinski definition) is 1. The van der Waals surface area contributed by atoms with Gasteiger partial charge in [-0.2, -0.15) is 0 Å². The summed E-state index contributed by atoms with van der Waals surface area (Å²) < 4.78 is 6.95. The van der Waals surface area contributed by atoms with Crippen molar-refractivity contribution in [3.8, 4) is 0 Å². The van der Waals surface area contributed by atoms with Crippen LogP contribution in [0, 0.1) is 0 Å². The summed E-state index contributed by atoms with van der Waals surface area (Å²) in [5, 5.41) is 8.79. The van der Waals surface area contributed by atoms with Crippen LogP contribution in [-0.4, -0.2) is 58.0 Å². The van der Waals surface area contributed by atoms with Gasteiger partial charge in [-0.15, -0.1) is 0 Å². The maximum Gasteiger partial charge on any atom is 0.306 e. The van der Waals surface area contributed by atoms with Gasteiger partial charge in [0.05, 0.1) is 19.1 Å². The van der Waals surface area contributed by atoms with Crippen LogP contribution in [0.3, 0.4) is 0 Å². The predicted molar refractivity (Wildman–Crippen MR) is 73.3 cm³/mol. The van der Waals surface area contributed by atoms with Crippen molar-refractivity contribution in [1.82, 2.24) is 9.47 Å². The van der Waals surface area contributed by atoms with Gasteiger partial charge in [-0.1, -0.05) is 0 Å². The van der Waals surface area contributed by atoms with Gasteiger partial charge in [0.25, 0.3) is 5.91 Å². The third-order valence-electron chi connectivity index (χ3n) is 3.46. The largest absolute Gasteiger partial charge is 0.481 e. The first-order valence-corrected chi connectivity index (χ1v) is 6.68.